The maximum atomic E-state index is 4.19. The van der Waals surface area contributed by atoms with Crippen LogP contribution in [0.5, 0.6) is 0 Å². The highest BCUT2D eigenvalue weighted by molar-refractivity contribution is 7.99. The Kier molecular flexibility index (Phi) is 3.03. The van der Waals surface area contributed by atoms with Crippen LogP contribution in [0, 0.1) is 0 Å². The molecule has 0 spiro atoms. The second-order valence-corrected chi connectivity index (χ2v) is 5.79. The maximum absolute atomic E-state index is 4.19. The van der Waals surface area contributed by atoms with E-state index in [1.54, 1.807) is 0 Å². The lowest BCUT2D eigenvalue weighted by atomic mass is 9.82. The lowest BCUT2D eigenvalue weighted by Crippen LogP contribution is -2.27. The molecule has 0 fully saturated rings. The number of hydrogen-bond donors (Lipinski definition) is 0. The number of fused-ring (bicyclic) bond motifs is 1. The number of nitrogens with zero attached hydrogens (tertiary/aromatic N) is 2. The van der Waals surface area contributed by atoms with Gasteiger partial charge in [-0.25, -0.2) is 0 Å². The lowest BCUT2D eigenvalue weighted by molar-refractivity contribution is 0.346. The minimum Gasteiger partial charge on any atom is -0.309 e. The smallest absolute Gasteiger partial charge is 0.0406 e. The van der Waals surface area contributed by atoms with Crippen LogP contribution < -0.4 is 0 Å². The van der Waals surface area contributed by atoms with Gasteiger partial charge in [0.05, 0.1) is 0 Å². The molecule has 2 nitrogen and oxygen atoms in total. The average Bonchev–Trinajstić information content (AvgIpc) is 2.56. The van der Waals surface area contributed by atoms with E-state index in [2.05, 4.69) is 37.0 Å². The zero-order valence-electron chi connectivity index (χ0n) is 9.66. The van der Waals surface area contributed by atoms with Crippen LogP contribution >= 0.6 is 11.8 Å². The van der Waals surface area contributed by atoms with Crippen molar-refractivity contribution in [1.29, 1.82) is 0 Å². The van der Waals surface area contributed by atoms with Gasteiger partial charge in [0, 0.05) is 28.5 Å². The molecule has 1 aromatic rings. The maximum Gasteiger partial charge on any atom is 0.0406 e. The van der Waals surface area contributed by atoms with Gasteiger partial charge in [-0.3, -0.25) is 4.98 Å². The predicted octanol–water partition coefficient (Wildman–Crippen LogP) is 2.40. The highest BCUT2D eigenvalue weighted by atomic mass is 32.2. The van der Waals surface area contributed by atoms with Crippen LogP contribution in [0.25, 0.3) is 0 Å². The summed E-state index contributed by atoms with van der Waals surface area (Å²) in [5.74, 6) is 1.20. The average molecular weight is 222 g/mol. The van der Waals surface area contributed by atoms with E-state index in [-0.39, 0.29) is 0 Å². The van der Waals surface area contributed by atoms with Crippen LogP contribution in [0.3, 0.4) is 0 Å². The second kappa shape index (κ2) is 4.14. The minimum atomic E-state index is 0.340. The fourth-order valence-corrected chi connectivity index (χ4v) is 3.36. The molecule has 2 heterocycles. The van der Waals surface area contributed by atoms with E-state index in [0.29, 0.717) is 5.41 Å². The topological polar surface area (TPSA) is 16.1 Å². The third-order valence-electron chi connectivity index (χ3n) is 3.09. The van der Waals surface area contributed by atoms with Crippen LogP contribution in [0.2, 0.25) is 0 Å². The molecule has 0 radical (unpaired) electrons. The molecular weight excluding hydrogens is 204 g/mol. The van der Waals surface area contributed by atoms with Gasteiger partial charge in [-0.15, -0.1) is 11.8 Å². The molecule has 1 unspecified atom stereocenters. The summed E-state index contributed by atoms with van der Waals surface area (Å²) in [6.07, 6.45) is 5.14. The highest BCUT2D eigenvalue weighted by Gasteiger charge is 2.34. The van der Waals surface area contributed by atoms with Gasteiger partial charge in [-0.1, -0.05) is 6.92 Å². The SMILES string of the molecule is CN(C)CCC1(C)CSc2cnccc21. The van der Waals surface area contributed by atoms with Crippen molar-refractivity contribution in [1.82, 2.24) is 9.88 Å². The summed E-state index contributed by atoms with van der Waals surface area (Å²) in [4.78, 5) is 7.82. The van der Waals surface area contributed by atoms with E-state index < -0.39 is 0 Å². The monoisotopic (exact) mass is 222 g/mol. The van der Waals surface area contributed by atoms with Gasteiger partial charge in [0.2, 0.25) is 0 Å². The number of rotatable bonds is 3. The molecule has 0 bridgehead atoms. The molecule has 3 heteroatoms. The van der Waals surface area contributed by atoms with Crippen molar-refractivity contribution in [2.75, 3.05) is 26.4 Å². The van der Waals surface area contributed by atoms with E-state index in [0.717, 1.165) is 6.54 Å². The van der Waals surface area contributed by atoms with Gasteiger partial charge < -0.3 is 4.90 Å². The Morgan fingerprint density at radius 3 is 3.07 bits per heavy atom. The van der Waals surface area contributed by atoms with Gasteiger partial charge in [-0.2, -0.15) is 0 Å². The van der Waals surface area contributed by atoms with Crippen molar-refractivity contribution in [3.63, 3.8) is 0 Å². The molecule has 0 aromatic carbocycles. The van der Waals surface area contributed by atoms with E-state index >= 15 is 0 Å². The fourth-order valence-electron chi connectivity index (χ4n) is 1.99. The van der Waals surface area contributed by atoms with Gasteiger partial charge in [-0.05, 0) is 38.7 Å². The van der Waals surface area contributed by atoms with Gasteiger partial charge in [0.1, 0.15) is 0 Å². The fraction of sp³-hybridized carbons (Fsp3) is 0.583. The molecule has 0 N–H and O–H groups in total. The van der Waals surface area contributed by atoms with Crippen molar-refractivity contribution in [2.24, 2.45) is 0 Å². The molecule has 2 rings (SSSR count). The summed E-state index contributed by atoms with van der Waals surface area (Å²) in [6.45, 7) is 3.52. The molecule has 0 saturated heterocycles. The Hall–Kier alpha value is -0.540. The Morgan fingerprint density at radius 2 is 2.33 bits per heavy atom. The third-order valence-corrected chi connectivity index (χ3v) is 4.51. The number of hydrogen-bond acceptors (Lipinski definition) is 3. The summed E-state index contributed by atoms with van der Waals surface area (Å²) in [5, 5.41) is 0. The summed E-state index contributed by atoms with van der Waals surface area (Å²) in [6, 6.07) is 2.19. The zero-order valence-corrected chi connectivity index (χ0v) is 10.5. The van der Waals surface area contributed by atoms with Gasteiger partial charge >= 0.3 is 0 Å². The van der Waals surface area contributed by atoms with E-state index in [9.17, 15) is 0 Å². The first-order valence-electron chi connectivity index (χ1n) is 5.34. The second-order valence-electron chi connectivity index (χ2n) is 4.77. The van der Waals surface area contributed by atoms with Crippen molar-refractivity contribution in [2.45, 2.75) is 23.7 Å². The van der Waals surface area contributed by atoms with Gasteiger partial charge in [0.25, 0.3) is 0 Å². The minimum absolute atomic E-state index is 0.340. The molecule has 0 amide bonds. The van der Waals surface area contributed by atoms with Crippen molar-refractivity contribution < 1.29 is 0 Å². The number of aromatic nitrogens is 1. The Morgan fingerprint density at radius 1 is 1.53 bits per heavy atom. The lowest BCUT2D eigenvalue weighted by Gasteiger charge is -2.26. The van der Waals surface area contributed by atoms with Crippen LogP contribution in [-0.2, 0) is 5.41 Å². The quantitative estimate of drug-likeness (QED) is 0.781. The van der Waals surface area contributed by atoms with Crippen molar-refractivity contribution >= 4 is 11.8 Å². The molecule has 1 aliphatic rings. The summed E-state index contributed by atoms with van der Waals surface area (Å²) >= 11 is 1.95. The largest absolute Gasteiger partial charge is 0.309 e. The van der Waals surface area contributed by atoms with Crippen LogP contribution in [0.4, 0.5) is 0 Å². The molecule has 1 aromatic heterocycles. The standard InChI is InChI=1S/C12H18N2S/c1-12(5-7-14(2)3)9-15-11-8-13-6-4-10(11)12/h4,6,8H,5,7,9H2,1-3H3. The van der Waals surface area contributed by atoms with Crippen LogP contribution in [0.15, 0.2) is 23.4 Å². The molecular formula is C12H18N2S. The molecule has 0 saturated carbocycles. The predicted molar refractivity (Wildman–Crippen MR) is 65.5 cm³/mol. The van der Waals surface area contributed by atoms with Crippen LogP contribution in [-0.4, -0.2) is 36.3 Å². The molecule has 82 valence electrons. The molecule has 1 atom stereocenters. The van der Waals surface area contributed by atoms with Crippen molar-refractivity contribution in [3.05, 3.63) is 24.0 Å². The van der Waals surface area contributed by atoms with E-state index in [1.807, 2.05) is 24.2 Å². The first-order chi connectivity index (χ1) is 7.12. The molecule has 0 aliphatic carbocycles. The number of pyridine rings is 1. The van der Waals surface area contributed by atoms with Gasteiger partial charge in [0.15, 0.2) is 0 Å². The highest BCUT2D eigenvalue weighted by Crippen LogP contribution is 2.45. The zero-order chi connectivity index (χ0) is 10.9. The Balaban J connectivity index is 2.17. The Labute approximate surface area is 96.1 Å². The normalized spacial score (nSPS) is 24.5. The first kappa shape index (κ1) is 11.0. The van der Waals surface area contributed by atoms with E-state index in [4.69, 9.17) is 0 Å². The van der Waals surface area contributed by atoms with Crippen molar-refractivity contribution in [3.8, 4) is 0 Å². The third kappa shape index (κ3) is 2.18. The Bertz CT molecular complexity index is 351. The van der Waals surface area contributed by atoms with Crippen LogP contribution in [0.1, 0.15) is 18.9 Å². The summed E-state index contributed by atoms with van der Waals surface area (Å²) in [5.41, 5.74) is 1.83. The summed E-state index contributed by atoms with van der Waals surface area (Å²) in [7, 11) is 4.28. The molecule has 1 aliphatic heterocycles. The number of thioether (sulfide) groups is 1. The first-order valence-corrected chi connectivity index (χ1v) is 6.32. The molecule has 15 heavy (non-hydrogen) atoms. The summed E-state index contributed by atoms with van der Waals surface area (Å²) < 4.78 is 0. The van der Waals surface area contributed by atoms with E-state index in [1.165, 1.54) is 22.6 Å².